The normalized spacial score (nSPS) is 30.9. The van der Waals surface area contributed by atoms with Crippen LogP contribution in [0.15, 0.2) is 36.4 Å². The van der Waals surface area contributed by atoms with E-state index in [1.54, 1.807) is 0 Å². The third kappa shape index (κ3) is 0.589. The molecule has 0 aliphatic carbocycles. The van der Waals surface area contributed by atoms with Crippen LogP contribution in [0.25, 0.3) is 0 Å². The molecule has 2 atom stereocenters. The monoisotopic (exact) mass is 144 g/mol. The lowest BCUT2D eigenvalue weighted by atomic mass is 9.97. The van der Waals surface area contributed by atoms with Gasteiger partial charge in [0.05, 0.1) is 0 Å². The molecule has 1 nitrogen and oxygen atoms in total. The Balaban J connectivity index is 2.28. The Morgan fingerprint density at radius 2 is 1.45 bits per heavy atom. The van der Waals surface area contributed by atoms with Crippen LogP contribution in [0.1, 0.15) is 23.3 Å². The minimum Gasteiger partial charge on any atom is -0.357 e. The maximum atomic E-state index is 5.63. The van der Waals surface area contributed by atoms with Crippen molar-refractivity contribution in [2.24, 2.45) is 0 Å². The lowest BCUT2D eigenvalue weighted by molar-refractivity contribution is 0.0878. The fourth-order valence-corrected chi connectivity index (χ4v) is 1.83. The molecule has 3 rings (SSSR count). The van der Waals surface area contributed by atoms with E-state index in [0.717, 1.165) is 0 Å². The maximum Gasteiger partial charge on any atom is 0.102 e. The van der Waals surface area contributed by atoms with Crippen LogP contribution in [0.5, 0.6) is 0 Å². The van der Waals surface area contributed by atoms with Crippen molar-refractivity contribution in [3.63, 3.8) is 0 Å². The molecule has 0 radical (unpaired) electrons. The molecule has 2 aliphatic heterocycles. The van der Waals surface area contributed by atoms with Gasteiger partial charge in [-0.1, -0.05) is 36.4 Å². The second-order valence-electron chi connectivity index (χ2n) is 2.99. The van der Waals surface area contributed by atoms with Crippen LogP contribution >= 0.6 is 0 Å². The molecule has 2 heterocycles. The molecule has 1 aromatic rings. The first-order valence-corrected chi connectivity index (χ1v) is 3.88. The van der Waals surface area contributed by atoms with E-state index < -0.39 is 0 Å². The highest BCUT2D eigenvalue weighted by molar-refractivity contribution is 5.42. The highest BCUT2D eigenvalue weighted by Crippen LogP contribution is 2.45. The fourth-order valence-electron chi connectivity index (χ4n) is 1.83. The standard InChI is InChI=1S/C10H8O/c1-2-4-8-7(3-1)9-5-6-10(8)11-9/h1-6,9-10H/t9-,10+. The van der Waals surface area contributed by atoms with Crippen LogP contribution in [0, 0.1) is 0 Å². The van der Waals surface area contributed by atoms with Crippen LogP contribution in [0.2, 0.25) is 0 Å². The Morgan fingerprint density at radius 1 is 0.909 bits per heavy atom. The molecule has 11 heavy (non-hydrogen) atoms. The molecular weight excluding hydrogens is 136 g/mol. The summed E-state index contributed by atoms with van der Waals surface area (Å²) in [6.07, 6.45) is 4.76. The number of fused-ring (bicyclic) bond motifs is 5. The smallest absolute Gasteiger partial charge is 0.102 e. The molecule has 0 fully saturated rings. The third-order valence-electron chi connectivity index (χ3n) is 2.36. The summed E-state index contributed by atoms with van der Waals surface area (Å²) in [5, 5.41) is 0. The van der Waals surface area contributed by atoms with Gasteiger partial charge in [0.15, 0.2) is 0 Å². The molecule has 0 aromatic heterocycles. The van der Waals surface area contributed by atoms with E-state index in [0.29, 0.717) is 0 Å². The molecule has 1 aromatic carbocycles. The maximum absolute atomic E-state index is 5.63. The molecule has 0 saturated carbocycles. The summed E-state index contributed by atoms with van der Waals surface area (Å²) in [6.45, 7) is 0. The minimum atomic E-state index is 0.246. The first-order valence-electron chi connectivity index (χ1n) is 3.88. The van der Waals surface area contributed by atoms with Crippen molar-refractivity contribution in [3.05, 3.63) is 47.5 Å². The Morgan fingerprint density at radius 3 is 2.00 bits per heavy atom. The Kier molecular flexibility index (Phi) is 0.880. The Bertz CT molecular complexity index is 296. The van der Waals surface area contributed by atoms with Crippen LogP contribution in [0.4, 0.5) is 0 Å². The molecule has 0 amide bonds. The van der Waals surface area contributed by atoms with E-state index in [-0.39, 0.29) is 12.2 Å². The van der Waals surface area contributed by atoms with Crippen molar-refractivity contribution in [3.8, 4) is 0 Å². The van der Waals surface area contributed by atoms with E-state index in [2.05, 4.69) is 36.4 Å². The largest absolute Gasteiger partial charge is 0.357 e. The van der Waals surface area contributed by atoms with Crippen LogP contribution in [0.3, 0.4) is 0 Å². The molecule has 54 valence electrons. The van der Waals surface area contributed by atoms with Gasteiger partial charge in [-0.05, 0) is 11.1 Å². The lowest BCUT2D eigenvalue weighted by Gasteiger charge is -2.04. The first-order chi connectivity index (χ1) is 5.45. The zero-order chi connectivity index (χ0) is 7.26. The van der Waals surface area contributed by atoms with Crippen molar-refractivity contribution < 1.29 is 4.74 Å². The third-order valence-corrected chi connectivity index (χ3v) is 2.36. The molecular formula is C10H8O. The summed E-state index contributed by atoms with van der Waals surface area (Å²) in [7, 11) is 0. The van der Waals surface area contributed by atoms with Gasteiger partial charge in [-0.2, -0.15) is 0 Å². The van der Waals surface area contributed by atoms with Gasteiger partial charge in [0.25, 0.3) is 0 Å². The minimum absolute atomic E-state index is 0.246. The van der Waals surface area contributed by atoms with Gasteiger partial charge in [0, 0.05) is 0 Å². The number of ether oxygens (including phenoxy) is 1. The topological polar surface area (TPSA) is 9.23 Å². The van der Waals surface area contributed by atoms with E-state index in [9.17, 15) is 0 Å². The van der Waals surface area contributed by atoms with Gasteiger partial charge >= 0.3 is 0 Å². The summed E-state index contributed by atoms with van der Waals surface area (Å²) in [4.78, 5) is 0. The Hall–Kier alpha value is -1.08. The second-order valence-corrected chi connectivity index (χ2v) is 2.99. The molecule has 0 spiro atoms. The molecule has 1 heteroatoms. The van der Waals surface area contributed by atoms with E-state index in [1.165, 1.54) is 11.1 Å². The Labute approximate surface area is 65.3 Å². The van der Waals surface area contributed by atoms with Crippen LogP contribution in [-0.2, 0) is 4.74 Å². The quantitative estimate of drug-likeness (QED) is 0.508. The number of hydrogen-bond donors (Lipinski definition) is 0. The summed E-state index contributed by atoms with van der Waals surface area (Å²) in [6, 6.07) is 8.42. The predicted molar refractivity (Wildman–Crippen MR) is 42.1 cm³/mol. The van der Waals surface area contributed by atoms with Gasteiger partial charge < -0.3 is 4.74 Å². The SMILES string of the molecule is C1=C[C@H]2O[C@@H]1c1ccccc12. The van der Waals surface area contributed by atoms with Crippen molar-refractivity contribution in [1.82, 2.24) is 0 Å². The molecule has 2 bridgehead atoms. The van der Waals surface area contributed by atoms with Crippen LogP contribution in [-0.4, -0.2) is 0 Å². The average molecular weight is 144 g/mol. The summed E-state index contributed by atoms with van der Waals surface area (Å²) < 4.78 is 5.63. The lowest BCUT2D eigenvalue weighted by Crippen LogP contribution is -1.90. The van der Waals surface area contributed by atoms with Crippen molar-refractivity contribution in [2.75, 3.05) is 0 Å². The van der Waals surface area contributed by atoms with Crippen LogP contribution < -0.4 is 0 Å². The van der Waals surface area contributed by atoms with Gasteiger partial charge in [0.1, 0.15) is 12.2 Å². The molecule has 2 aliphatic rings. The average Bonchev–Trinajstić information content (AvgIpc) is 2.64. The summed E-state index contributed by atoms with van der Waals surface area (Å²) in [5.41, 5.74) is 2.69. The second kappa shape index (κ2) is 1.74. The van der Waals surface area contributed by atoms with E-state index in [4.69, 9.17) is 4.74 Å². The molecule has 0 N–H and O–H groups in total. The fraction of sp³-hybridized carbons (Fsp3) is 0.200. The number of benzene rings is 1. The van der Waals surface area contributed by atoms with Gasteiger partial charge in [0.2, 0.25) is 0 Å². The van der Waals surface area contributed by atoms with E-state index >= 15 is 0 Å². The summed E-state index contributed by atoms with van der Waals surface area (Å²) >= 11 is 0. The van der Waals surface area contributed by atoms with Gasteiger partial charge in [-0.25, -0.2) is 0 Å². The van der Waals surface area contributed by atoms with Gasteiger partial charge in [-0.3, -0.25) is 0 Å². The van der Waals surface area contributed by atoms with Gasteiger partial charge in [-0.15, -0.1) is 0 Å². The zero-order valence-electron chi connectivity index (χ0n) is 6.03. The van der Waals surface area contributed by atoms with Crippen molar-refractivity contribution in [1.29, 1.82) is 0 Å². The van der Waals surface area contributed by atoms with Crippen molar-refractivity contribution in [2.45, 2.75) is 12.2 Å². The van der Waals surface area contributed by atoms with E-state index in [1.807, 2.05) is 0 Å². The highest BCUT2D eigenvalue weighted by atomic mass is 16.5. The number of hydrogen-bond acceptors (Lipinski definition) is 1. The predicted octanol–water partition coefficient (Wildman–Crippen LogP) is 2.37. The highest BCUT2D eigenvalue weighted by Gasteiger charge is 2.32. The molecule has 0 unspecified atom stereocenters. The molecule has 0 saturated heterocycles. The van der Waals surface area contributed by atoms with Crippen molar-refractivity contribution >= 4 is 0 Å². The number of rotatable bonds is 0. The zero-order valence-corrected chi connectivity index (χ0v) is 6.03. The summed E-state index contributed by atoms with van der Waals surface area (Å²) in [5.74, 6) is 0. The first kappa shape index (κ1) is 5.56.